The Morgan fingerprint density at radius 1 is 1.08 bits per heavy atom. The summed E-state index contributed by atoms with van der Waals surface area (Å²) in [7, 11) is -3.62. The van der Waals surface area contributed by atoms with Gasteiger partial charge in [0.05, 0.1) is 11.9 Å². The van der Waals surface area contributed by atoms with Gasteiger partial charge in [-0.2, -0.15) is 0 Å². The molecular formula is C28H36ClN3O6S. The van der Waals surface area contributed by atoms with Crippen molar-refractivity contribution < 1.29 is 27.5 Å². The molecule has 212 valence electrons. The number of amides is 2. The largest absolute Gasteiger partial charge is 0.454 e. The van der Waals surface area contributed by atoms with Gasteiger partial charge >= 0.3 is 0 Å². The lowest BCUT2D eigenvalue weighted by Gasteiger charge is -2.31. The fourth-order valence-corrected chi connectivity index (χ4v) is 6.16. The molecule has 1 fully saturated rings. The number of halogens is 1. The van der Waals surface area contributed by atoms with E-state index in [0.29, 0.717) is 22.2 Å². The second kappa shape index (κ2) is 12.9. The number of carbonyl (C=O) groups is 2. The summed E-state index contributed by atoms with van der Waals surface area (Å²) in [5.41, 5.74) is 1.17. The number of hydrogen-bond donors (Lipinski definition) is 1. The molecule has 4 rings (SSSR count). The first-order valence-corrected chi connectivity index (χ1v) is 15.6. The molecule has 0 saturated heterocycles. The van der Waals surface area contributed by atoms with Gasteiger partial charge in [0.1, 0.15) is 6.04 Å². The van der Waals surface area contributed by atoms with Crippen molar-refractivity contribution in [1.29, 1.82) is 0 Å². The molecule has 0 spiro atoms. The first kappa shape index (κ1) is 29.0. The van der Waals surface area contributed by atoms with E-state index in [9.17, 15) is 18.0 Å². The van der Waals surface area contributed by atoms with Crippen LogP contribution in [0, 0.1) is 0 Å². The Kier molecular flexibility index (Phi) is 9.61. The van der Waals surface area contributed by atoms with Crippen LogP contribution in [0.5, 0.6) is 11.5 Å². The van der Waals surface area contributed by atoms with Crippen molar-refractivity contribution in [3.8, 4) is 11.5 Å². The van der Waals surface area contributed by atoms with Crippen LogP contribution in [-0.2, 0) is 26.2 Å². The van der Waals surface area contributed by atoms with E-state index < -0.39 is 16.1 Å². The molecule has 39 heavy (non-hydrogen) atoms. The molecule has 1 heterocycles. The summed E-state index contributed by atoms with van der Waals surface area (Å²) >= 11 is 6.39. The van der Waals surface area contributed by atoms with E-state index in [1.807, 2.05) is 18.2 Å². The van der Waals surface area contributed by atoms with Gasteiger partial charge in [0.2, 0.25) is 28.6 Å². The average Bonchev–Trinajstić information content (AvgIpc) is 3.38. The summed E-state index contributed by atoms with van der Waals surface area (Å²) in [6.07, 6.45) is 6.68. The maximum atomic E-state index is 13.5. The zero-order valence-electron chi connectivity index (χ0n) is 22.4. The number of carbonyl (C=O) groups excluding carboxylic acids is 2. The lowest BCUT2D eigenvalue weighted by atomic mass is 9.95. The molecule has 2 aliphatic rings. The van der Waals surface area contributed by atoms with Crippen LogP contribution in [0.15, 0.2) is 42.5 Å². The van der Waals surface area contributed by atoms with Crippen molar-refractivity contribution >= 4 is 39.1 Å². The van der Waals surface area contributed by atoms with Crippen LogP contribution >= 0.6 is 11.6 Å². The topological polar surface area (TPSA) is 105 Å². The summed E-state index contributed by atoms with van der Waals surface area (Å²) in [5, 5.41) is 3.63. The summed E-state index contributed by atoms with van der Waals surface area (Å²) in [6.45, 7) is 2.07. The number of nitrogens with zero attached hydrogens (tertiary/aromatic N) is 2. The average molecular weight is 578 g/mol. The van der Waals surface area contributed by atoms with Gasteiger partial charge in [0.15, 0.2) is 11.5 Å². The Morgan fingerprint density at radius 3 is 2.51 bits per heavy atom. The molecule has 0 radical (unpaired) electrons. The number of fused-ring (bicyclic) bond motifs is 1. The molecule has 1 aliphatic carbocycles. The van der Waals surface area contributed by atoms with E-state index in [2.05, 4.69) is 5.32 Å². The van der Waals surface area contributed by atoms with Gasteiger partial charge in [-0.3, -0.25) is 13.9 Å². The van der Waals surface area contributed by atoms with E-state index in [4.69, 9.17) is 21.1 Å². The summed E-state index contributed by atoms with van der Waals surface area (Å²) in [5.74, 6) is 0.583. The number of anilines is 1. The third-order valence-corrected chi connectivity index (χ3v) is 8.78. The van der Waals surface area contributed by atoms with Crippen LogP contribution in [0.25, 0.3) is 0 Å². The first-order chi connectivity index (χ1) is 18.6. The van der Waals surface area contributed by atoms with Crippen LogP contribution in [0.2, 0.25) is 5.02 Å². The highest BCUT2D eigenvalue weighted by atomic mass is 35.5. The molecular weight excluding hydrogens is 542 g/mol. The van der Waals surface area contributed by atoms with E-state index in [1.54, 1.807) is 31.2 Å². The molecule has 1 aliphatic heterocycles. The normalized spacial score (nSPS) is 16.0. The summed E-state index contributed by atoms with van der Waals surface area (Å²) < 4.78 is 37.2. The van der Waals surface area contributed by atoms with Gasteiger partial charge in [-0.25, -0.2) is 8.42 Å². The van der Waals surface area contributed by atoms with Crippen molar-refractivity contribution in [2.24, 2.45) is 0 Å². The molecule has 11 heteroatoms. The highest BCUT2D eigenvalue weighted by molar-refractivity contribution is 7.92. The molecule has 0 bridgehead atoms. The minimum Gasteiger partial charge on any atom is -0.454 e. The molecule has 2 amide bonds. The monoisotopic (exact) mass is 577 g/mol. The van der Waals surface area contributed by atoms with E-state index >= 15 is 0 Å². The third-order valence-electron chi connectivity index (χ3n) is 7.21. The van der Waals surface area contributed by atoms with Crippen LogP contribution in [-0.4, -0.2) is 56.8 Å². The molecule has 2 aromatic carbocycles. The first-order valence-electron chi connectivity index (χ1n) is 13.3. The zero-order valence-corrected chi connectivity index (χ0v) is 24.0. The van der Waals surface area contributed by atoms with Crippen molar-refractivity contribution in [2.45, 2.75) is 70.5 Å². The lowest BCUT2D eigenvalue weighted by molar-refractivity contribution is -0.141. The minimum atomic E-state index is -3.62. The van der Waals surface area contributed by atoms with Crippen molar-refractivity contribution in [2.75, 3.05) is 23.9 Å². The van der Waals surface area contributed by atoms with Crippen molar-refractivity contribution in [3.63, 3.8) is 0 Å². The van der Waals surface area contributed by atoms with Gasteiger partial charge in [0.25, 0.3) is 0 Å². The standard InChI is InChI=1S/C28H36ClN3O6S/c1-20(28(34)30-22-10-4-3-5-11-22)31(18-21-9-6-7-12-24(21)29)27(33)13-8-16-32(39(2,35)36)23-14-15-25-26(17-23)38-19-37-25/h6-7,9,12,14-15,17,20,22H,3-5,8,10-11,13,16,18-19H2,1-2H3,(H,30,34)/t20-/m1/s1. The van der Waals surface area contributed by atoms with Crippen LogP contribution in [0.1, 0.15) is 57.4 Å². The molecule has 0 unspecified atom stereocenters. The molecule has 2 aromatic rings. The van der Waals surface area contributed by atoms with E-state index in [-0.39, 0.29) is 50.6 Å². The van der Waals surface area contributed by atoms with Crippen LogP contribution in [0.4, 0.5) is 5.69 Å². The zero-order chi connectivity index (χ0) is 28.0. The third kappa shape index (κ3) is 7.57. The number of ether oxygens (including phenoxy) is 2. The van der Waals surface area contributed by atoms with E-state index in [0.717, 1.165) is 37.5 Å². The highest BCUT2D eigenvalue weighted by Gasteiger charge is 2.29. The summed E-state index contributed by atoms with van der Waals surface area (Å²) in [4.78, 5) is 28.2. The molecule has 0 aromatic heterocycles. The second-order valence-electron chi connectivity index (χ2n) is 10.1. The number of hydrogen-bond acceptors (Lipinski definition) is 6. The van der Waals surface area contributed by atoms with Gasteiger partial charge in [-0.05, 0) is 49.9 Å². The fourth-order valence-electron chi connectivity index (χ4n) is 5.01. The van der Waals surface area contributed by atoms with Crippen LogP contribution in [0.3, 0.4) is 0 Å². The molecule has 1 saturated carbocycles. The SMILES string of the molecule is C[C@H](C(=O)NC1CCCCC1)N(Cc1ccccc1Cl)C(=O)CCCN(c1ccc2c(c1)OCO2)S(C)(=O)=O. The highest BCUT2D eigenvalue weighted by Crippen LogP contribution is 2.36. The quantitative estimate of drug-likeness (QED) is 0.422. The Labute approximate surface area is 235 Å². The number of rotatable bonds is 11. The Bertz CT molecular complexity index is 1280. The molecule has 9 nitrogen and oxygen atoms in total. The van der Waals surface area contributed by atoms with Gasteiger partial charge in [-0.1, -0.05) is 49.1 Å². The van der Waals surface area contributed by atoms with E-state index in [1.165, 1.54) is 15.6 Å². The Morgan fingerprint density at radius 2 is 1.79 bits per heavy atom. The fraction of sp³-hybridized carbons (Fsp3) is 0.500. The van der Waals surface area contributed by atoms with Crippen molar-refractivity contribution in [1.82, 2.24) is 10.2 Å². The van der Waals surface area contributed by atoms with Gasteiger partial charge < -0.3 is 19.7 Å². The minimum absolute atomic E-state index is 0.0576. The predicted octanol–water partition coefficient (Wildman–Crippen LogP) is 4.48. The maximum Gasteiger partial charge on any atom is 0.242 e. The summed E-state index contributed by atoms with van der Waals surface area (Å²) in [6, 6.07) is 11.6. The molecule has 1 atom stereocenters. The lowest BCUT2D eigenvalue weighted by Crippen LogP contribution is -2.50. The molecule has 1 N–H and O–H groups in total. The van der Waals surface area contributed by atoms with Gasteiger partial charge in [0, 0.05) is 36.6 Å². The predicted molar refractivity (Wildman–Crippen MR) is 150 cm³/mol. The van der Waals surface area contributed by atoms with Crippen molar-refractivity contribution in [3.05, 3.63) is 53.1 Å². The smallest absolute Gasteiger partial charge is 0.242 e. The Hall–Kier alpha value is -2.98. The number of nitrogens with one attached hydrogen (secondary N) is 1. The number of benzene rings is 2. The number of sulfonamides is 1. The van der Waals surface area contributed by atoms with Crippen LogP contribution < -0.4 is 19.1 Å². The maximum absolute atomic E-state index is 13.5. The Balaban J connectivity index is 1.45. The second-order valence-corrected chi connectivity index (χ2v) is 12.4. The van der Waals surface area contributed by atoms with Gasteiger partial charge in [-0.15, -0.1) is 0 Å².